The van der Waals surface area contributed by atoms with Gasteiger partial charge in [-0.3, -0.25) is 9.10 Å². The number of hydrogen-bond acceptors (Lipinski definition) is 6. The van der Waals surface area contributed by atoms with Crippen LogP contribution in [0.15, 0.2) is 71.6 Å². The summed E-state index contributed by atoms with van der Waals surface area (Å²) in [5.41, 5.74) is 1.13. The molecular weight excluding hydrogens is 487 g/mol. The van der Waals surface area contributed by atoms with Crippen molar-refractivity contribution in [3.8, 4) is 17.2 Å². The lowest BCUT2D eigenvalue weighted by Gasteiger charge is -2.25. The second-order valence-corrected chi connectivity index (χ2v) is 9.96. The first-order valence-electron chi connectivity index (χ1n) is 11.4. The van der Waals surface area contributed by atoms with Crippen LogP contribution in [0, 0.1) is 5.82 Å². The highest BCUT2D eigenvalue weighted by Gasteiger charge is 2.29. The van der Waals surface area contributed by atoms with Crippen LogP contribution in [0.25, 0.3) is 0 Å². The lowest BCUT2D eigenvalue weighted by molar-refractivity contribution is -0.119. The van der Waals surface area contributed by atoms with Gasteiger partial charge in [0.15, 0.2) is 11.5 Å². The number of sulfonamides is 1. The van der Waals surface area contributed by atoms with Gasteiger partial charge >= 0.3 is 0 Å². The Kier molecular flexibility index (Phi) is 7.94. The number of anilines is 1. The van der Waals surface area contributed by atoms with E-state index in [1.54, 1.807) is 7.11 Å². The van der Waals surface area contributed by atoms with E-state index in [4.69, 9.17) is 14.2 Å². The minimum atomic E-state index is -4.22. The first kappa shape index (κ1) is 25.3. The normalized spacial score (nSPS) is 12.6. The van der Waals surface area contributed by atoms with Crippen molar-refractivity contribution in [3.05, 3.63) is 78.1 Å². The number of carbonyl (C=O) groups is 1. The van der Waals surface area contributed by atoms with Crippen LogP contribution in [0.5, 0.6) is 17.2 Å². The number of benzene rings is 3. The average molecular weight is 515 g/mol. The van der Waals surface area contributed by atoms with Crippen molar-refractivity contribution in [1.82, 2.24) is 5.32 Å². The van der Waals surface area contributed by atoms with E-state index in [0.29, 0.717) is 37.7 Å². The number of methoxy groups -OCH3 is 1. The first-order valence-corrected chi connectivity index (χ1v) is 12.9. The van der Waals surface area contributed by atoms with Gasteiger partial charge in [-0.25, -0.2) is 12.8 Å². The summed E-state index contributed by atoms with van der Waals surface area (Å²) in [6, 6.07) is 17.0. The second-order valence-electron chi connectivity index (χ2n) is 8.10. The average Bonchev–Trinajstić information content (AvgIpc) is 2.89. The van der Waals surface area contributed by atoms with E-state index in [0.717, 1.165) is 28.1 Å². The summed E-state index contributed by atoms with van der Waals surface area (Å²) in [5.74, 6) is 0.380. The summed E-state index contributed by atoms with van der Waals surface area (Å²) in [4.78, 5) is 12.7. The Balaban J connectivity index is 1.46. The molecule has 1 heterocycles. The molecular formula is C26H27FN2O6S. The van der Waals surface area contributed by atoms with Crippen LogP contribution in [0.2, 0.25) is 0 Å². The number of nitrogens with zero attached hydrogens (tertiary/aromatic N) is 1. The van der Waals surface area contributed by atoms with E-state index in [-0.39, 0.29) is 10.6 Å². The van der Waals surface area contributed by atoms with Crippen LogP contribution in [0.1, 0.15) is 12.0 Å². The van der Waals surface area contributed by atoms with Crippen LogP contribution < -0.4 is 23.8 Å². The number of carbonyl (C=O) groups excluding carboxylic acids is 1. The monoisotopic (exact) mass is 514 g/mol. The fourth-order valence-corrected chi connectivity index (χ4v) is 5.19. The van der Waals surface area contributed by atoms with Gasteiger partial charge in [0.1, 0.15) is 31.3 Å². The maximum atomic E-state index is 14.0. The number of hydrogen-bond donors (Lipinski definition) is 1. The van der Waals surface area contributed by atoms with Crippen LogP contribution in [-0.2, 0) is 21.2 Å². The molecule has 10 heteroatoms. The standard InChI is InChI=1S/C26H27FN2O6S/c1-33-22-9-7-19(8-10-22)4-3-13-28-26(30)18-29(21-6-2-5-20(27)16-21)36(31,32)23-11-12-24-25(17-23)35-15-14-34-24/h2,5-12,16-17H,3-4,13-15,18H2,1H3,(H,28,30). The third-order valence-corrected chi connectivity index (χ3v) is 7.38. The molecule has 1 amide bonds. The molecule has 0 atom stereocenters. The number of halogens is 1. The highest BCUT2D eigenvalue weighted by atomic mass is 32.2. The van der Waals surface area contributed by atoms with Gasteiger partial charge in [-0.1, -0.05) is 18.2 Å². The van der Waals surface area contributed by atoms with Crippen molar-refractivity contribution in [2.24, 2.45) is 0 Å². The predicted molar refractivity (Wildman–Crippen MR) is 133 cm³/mol. The molecule has 1 aliphatic rings. The molecule has 190 valence electrons. The minimum absolute atomic E-state index is 0.0401. The van der Waals surface area contributed by atoms with Crippen molar-refractivity contribution in [2.75, 3.05) is 37.7 Å². The van der Waals surface area contributed by atoms with E-state index < -0.39 is 28.3 Å². The van der Waals surface area contributed by atoms with Gasteiger partial charge < -0.3 is 19.5 Å². The summed E-state index contributed by atoms with van der Waals surface area (Å²) in [6.45, 7) is 0.505. The Morgan fingerprint density at radius 2 is 1.78 bits per heavy atom. The number of fused-ring (bicyclic) bond motifs is 1. The van der Waals surface area contributed by atoms with Gasteiger partial charge in [-0.2, -0.15) is 0 Å². The Labute approximate surface area is 209 Å². The largest absolute Gasteiger partial charge is 0.497 e. The Hall–Kier alpha value is -3.79. The Morgan fingerprint density at radius 3 is 2.50 bits per heavy atom. The number of ether oxygens (including phenoxy) is 3. The molecule has 0 aliphatic carbocycles. The number of amides is 1. The summed E-state index contributed by atoms with van der Waals surface area (Å²) in [7, 11) is -2.62. The molecule has 4 rings (SSSR count). The van der Waals surface area contributed by atoms with Gasteiger partial charge in [0, 0.05) is 12.6 Å². The molecule has 0 aromatic heterocycles. The van der Waals surface area contributed by atoms with Crippen molar-refractivity contribution >= 4 is 21.6 Å². The van der Waals surface area contributed by atoms with E-state index in [1.807, 2.05) is 24.3 Å². The van der Waals surface area contributed by atoms with Crippen LogP contribution in [0.3, 0.4) is 0 Å². The Morgan fingerprint density at radius 1 is 1.03 bits per heavy atom. The van der Waals surface area contributed by atoms with Crippen molar-refractivity contribution in [1.29, 1.82) is 0 Å². The van der Waals surface area contributed by atoms with E-state index in [1.165, 1.54) is 36.4 Å². The summed E-state index contributed by atoms with van der Waals surface area (Å²) < 4.78 is 58.1. The molecule has 0 fully saturated rings. The lowest BCUT2D eigenvalue weighted by atomic mass is 10.1. The summed E-state index contributed by atoms with van der Waals surface area (Å²) in [6.07, 6.45) is 1.39. The lowest BCUT2D eigenvalue weighted by Crippen LogP contribution is -2.41. The third kappa shape index (κ3) is 6.06. The zero-order valence-corrected chi connectivity index (χ0v) is 20.6. The van der Waals surface area contributed by atoms with Gasteiger partial charge in [0.05, 0.1) is 17.7 Å². The quantitative estimate of drug-likeness (QED) is 0.416. The number of aryl methyl sites for hydroxylation is 1. The van der Waals surface area contributed by atoms with Crippen LogP contribution >= 0.6 is 0 Å². The van der Waals surface area contributed by atoms with Crippen LogP contribution in [-0.4, -0.2) is 47.7 Å². The zero-order valence-electron chi connectivity index (χ0n) is 19.8. The van der Waals surface area contributed by atoms with Crippen molar-refractivity contribution in [3.63, 3.8) is 0 Å². The highest BCUT2D eigenvalue weighted by molar-refractivity contribution is 7.92. The smallest absolute Gasteiger partial charge is 0.264 e. The molecule has 36 heavy (non-hydrogen) atoms. The number of nitrogens with one attached hydrogen (secondary N) is 1. The van der Waals surface area contributed by atoms with Gasteiger partial charge in [-0.15, -0.1) is 0 Å². The molecule has 8 nitrogen and oxygen atoms in total. The summed E-state index contributed by atoms with van der Waals surface area (Å²) in [5, 5.41) is 2.76. The molecule has 0 bridgehead atoms. The topological polar surface area (TPSA) is 94.2 Å². The molecule has 3 aromatic rings. The predicted octanol–water partition coefficient (Wildman–Crippen LogP) is 3.55. The molecule has 0 saturated heterocycles. The molecule has 0 spiro atoms. The van der Waals surface area contributed by atoms with Gasteiger partial charge in [-0.05, 0) is 60.9 Å². The fourth-order valence-electron chi connectivity index (χ4n) is 3.76. The van der Waals surface area contributed by atoms with Gasteiger partial charge in [0.25, 0.3) is 10.0 Å². The first-order chi connectivity index (χ1) is 17.4. The second kappa shape index (κ2) is 11.3. The van der Waals surface area contributed by atoms with Gasteiger partial charge in [0.2, 0.25) is 5.91 Å². The van der Waals surface area contributed by atoms with Crippen LogP contribution in [0.4, 0.5) is 10.1 Å². The maximum Gasteiger partial charge on any atom is 0.264 e. The fraction of sp³-hybridized carbons (Fsp3) is 0.269. The SMILES string of the molecule is COc1ccc(CCCNC(=O)CN(c2cccc(F)c2)S(=O)(=O)c2ccc3c(c2)OCCO3)cc1. The Bertz CT molecular complexity index is 1310. The third-order valence-electron chi connectivity index (χ3n) is 5.61. The molecule has 3 aromatic carbocycles. The maximum absolute atomic E-state index is 14.0. The van der Waals surface area contributed by atoms with Crippen molar-refractivity contribution in [2.45, 2.75) is 17.7 Å². The molecule has 0 saturated carbocycles. The molecule has 0 unspecified atom stereocenters. The van der Waals surface area contributed by atoms with E-state index in [9.17, 15) is 17.6 Å². The minimum Gasteiger partial charge on any atom is -0.497 e. The number of rotatable bonds is 10. The molecule has 0 radical (unpaired) electrons. The van der Waals surface area contributed by atoms with Crippen molar-refractivity contribution < 1.29 is 31.8 Å². The molecule has 1 aliphatic heterocycles. The zero-order chi connectivity index (χ0) is 25.5. The highest BCUT2D eigenvalue weighted by Crippen LogP contribution is 2.34. The molecule has 1 N–H and O–H groups in total. The van der Waals surface area contributed by atoms with E-state index in [2.05, 4.69) is 5.32 Å². The van der Waals surface area contributed by atoms with E-state index >= 15 is 0 Å². The summed E-state index contributed by atoms with van der Waals surface area (Å²) >= 11 is 0.